The van der Waals surface area contributed by atoms with Crippen molar-refractivity contribution >= 4 is 30.7 Å². The molecule has 1 aromatic carbocycles. The first-order valence-electron chi connectivity index (χ1n) is 8.47. The Labute approximate surface area is 166 Å². The second-order valence-corrected chi connectivity index (χ2v) is 6.16. The van der Waals surface area contributed by atoms with Crippen LogP contribution >= 0.6 is 24.8 Å². The van der Waals surface area contributed by atoms with Crippen LogP contribution in [0.25, 0.3) is 11.5 Å². The minimum atomic E-state index is -0.460. The van der Waals surface area contributed by atoms with Crippen molar-refractivity contribution in [2.24, 2.45) is 11.5 Å². The highest BCUT2D eigenvalue weighted by molar-refractivity contribution is 5.85. The standard InChI is InChI=1S/C18H24N4O2.2ClH/c19-10-5-4-8-14(20)18(23)22-11-9-16-15(12-22)21-17(24-16)13-6-2-1-3-7-13;;/h1-3,6-7,14H,4-5,8-12,19-20H2;2*1H/t14-;;/m0../s1. The SMILES string of the molecule is Cl.Cl.NCCCC[C@H](N)C(=O)N1CCc2oc(-c3ccccc3)nc2C1. The van der Waals surface area contributed by atoms with Crippen molar-refractivity contribution in [1.29, 1.82) is 0 Å². The van der Waals surface area contributed by atoms with Crippen LogP contribution in [0.3, 0.4) is 0 Å². The summed E-state index contributed by atoms with van der Waals surface area (Å²) in [6.45, 7) is 1.73. The molecule has 6 nitrogen and oxygen atoms in total. The van der Waals surface area contributed by atoms with Gasteiger partial charge in [0, 0.05) is 18.5 Å². The van der Waals surface area contributed by atoms with Gasteiger partial charge in [-0.2, -0.15) is 0 Å². The summed E-state index contributed by atoms with van der Waals surface area (Å²) in [4.78, 5) is 18.8. The quantitative estimate of drug-likeness (QED) is 0.725. The lowest BCUT2D eigenvalue weighted by Gasteiger charge is -2.27. The van der Waals surface area contributed by atoms with Gasteiger partial charge in [0.1, 0.15) is 11.5 Å². The predicted octanol–water partition coefficient (Wildman–Crippen LogP) is 2.53. The van der Waals surface area contributed by atoms with Crippen molar-refractivity contribution in [2.75, 3.05) is 13.1 Å². The van der Waals surface area contributed by atoms with E-state index in [1.807, 2.05) is 30.3 Å². The smallest absolute Gasteiger partial charge is 0.239 e. The number of halogens is 2. The largest absolute Gasteiger partial charge is 0.441 e. The van der Waals surface area contributed by atoms with E-state index in [1.165, 1.54) is 0 Å². The molecule has 0 saturated heterocycles. The van der Waals surface area contributed by atoms with Crippen LogP contribution in [0.1, 0.15) is 30.7 Å². The average Bonchev–Trinajstić information content (AvgIpc) is 3.05. The van der Waals surface area contributed by atoms with Crippen LogP contribution in [0.15, 0.2) is 34.7 Å². The molecule has 1 aromatic heterocycles. The first-order valence-corrected chi connectivity index (χ1v) is 8.47. The lowest BCUT2D eigenvalue weighted by atomic mass is 10.1. The lowest BCUT2D eigenvalue weighted by molar-refractivity contribution is -0.133. The Morgan fingerprint density at radius 2 is 1.96 bits per heavy atom. The number of aromatic nitrogens is 1. The zero-order valence-corrected chi connectivity index (χ0v) is 16.2. The molecule has 1 aliphatic rings. The molecule has 0 radical (unpaired) electrons. The molecule has 1 amide bonds. The molecule has 1 atom stereocenters. The molecule has 8 heteroatoms. The van der Waals surface area contributed by atoms with E-state index in [2.05, 4.69) is 4.98 Å². The Balaban J connectivity index is 0.00000169. The Morgan fingerprint density at radius 3 is 2.65 bits per heavy atom. The summed E-state index contributed by atoms with van der Waals surface area (Å²) in [5.74, 6) is 1.47. The molecule has 0 saturated carbocycles. The highest BCUT2D eigenvalue weighted by Crippen LogP contribution is 2.26. The molecular weight excluding hydrogens is 375 g/mol. The monoisotopic (exact) mass is 400 g/mol. The van der Waals surface area contributed by atoms with Crippen LogP contribution in [0.2, 0.25) is 0 Å². The molecule has 26 heavy (non-hydrogen) atoms. The number of amides is 1. The molecule has 0 bridgehead atoms. The number of rotatable bonds is 6. The average molecular weight is 401 g/mol. The summed E-state index contributed by atoms with van der Waals surface area (Å²) in [5.41, 5.74) is 13.3. The van der Waals surface area contributed by atoms with Crippen LogP contribution in [0.4, 0.5) is 0 Å². The van der Waals surface area contributed by atoms with E-state index in [1.54, 1.807) is 4.90 Å². The maximum atomic E-state index is 12.5. The number of hydrogen-bond acceptors (Lipinski definition) is 5. The van der Waals surface area contributed by atoms with Crippen molar-refractivity contribution in [3.8, 4) is 11.5 Å². The summed E-state index contributed by atoms with van der Waals surface area (Å²) >= 11 is 0. The van der Waals surface area contributed by atoms with Crippen molar-refractivity contribution in [3.63, 3.8) is 0 Å². The van der Waals surface area contributed by atoms with Gasteiger partial charge in [0.05, 0.1) is 12.6 Å². The van der Waals surface area contributed by atoms with Gasteiger partial charge >= 0.3 is 0 Å². The number of carbonyl (C=O) groups excluding carboxylic acids is 1. The van der Waals surface area contributed by atoms with Gasteiger partial charge < -0.3 is 20.8 Å². The normalized spacial score (nSPS) is 14.0. The zero-order chi connectivity index (χ0) is 16.9. The molecule has 0 spiro atoms. The Morgan fingerprint density at radius 1 is 1.23 bits per heavy atom. The third-order valence-corrected chi connectivity index (χ3v) is 4.35. The highest BCUT2D eigenvalue weighted by Gasteiger charge is 2.28. The fourth-order valence-electron chi connectivity index (χ4n) is 2.96. The number of benzene rings is 1. The minimum Gasteiger partial charge on any atom is -0.441 e. The Hall–Kier alpha value is -1.60. The molecule has 3 rings (SSSR count). The van der Waals surface area contributed by atoms with Crippen molar-refractivity contribution in [2.45, 2.75) is 38.3 Å². The van der Waals surface area contributed by atoms with Crippen LogP contribution in [0, 0.1) is 0 Å². The third-order valence-electron chi connectivity index (χ3n) is 4.35. The number of nitrogens with two attached hydrogens (primary N) is 2. The second kappa shape index (κ2) is 10.5. The molecular formula is C18H26Cl2N4O2. The second-order valence-electron chi connectivity index (χ2n) is 6.16. The third kappa shape index (κ3) is 5.20. The number of fused-ring (bicyclic) bond motifs is 1. The molecule has 0 aliphatic carbocycles. The van der Waals surface area contributed by atoms with E-state index in [9.17, 15) is 4.79 Å². The molecule has 2 heterocycles. The number of unbranched alkanes of at least 4 members (excludes halogenated alkanes) is 1. The topological polar surface area (TPSA) is 98.4 Å². The van der Waals surface area contributed by atoms with Gasteiger partial charge in [-0.25, -0.2) is 4.98 Å². The molecule has 144 valence electrons. The fourth-order valence-corrected chi connectivity index (χ4v) is 2.96. The van der Waals surface area contributed by atoms with E-state index < -0.39 is 6.04 Å². The van der Waals surface area contributed by atoms with Crippen molar-refractivity contribution < 1.29 is 9.21 Å². The van der Waals surface area contributed by atoms with Gasteiger partial charge in [-0.05, 0) is 31.5 Å². The van der Waals surface area contributed by atoms with E-state index in [0.29, 0.717) is 38.4 Å². The van der Waals surface area contributed by atoms with Crippen LogP contribution in [-0.2, 0) is 17.8 Å². The first-order chi connectivity index (χ1) is 11.7. The highest BCUT2D eigenvalue weighted by atomic mass is 35.5. The van der Waals surface area contributed by atoms with Crippen LogP contribution in [-0.4, -0.2) is 34.9 Å². The van der Waals surface area contributed by atoms with Crippen LogP contribution < -0.4 is 11.5 Å². The van der Waals surface area contributed by atoms with Gasteiger partial charge in [0.15, 0.2) is 0 Å². The van der Waals surface area contributed by atoms with Gasteiger partial charge in [-0.15, -0.1) is 24.8 Å². The predicted molar refractivity (Wildman–Crippen MR) is 106 cm³/mol. The summed E-state index contributed by atoms with van der Waals surface area (Å²) in [5, 5.41) is 0. The lowest BCUT2D eigenvalue weighted by Crippen LogP contribution is -2.45. The van der Waals surface area contributed by atoms with Gasteiger partial charge in [0.25, 0.3) is 0 Å². The molecule has 1 aliphatic heterocycles. The summed E-state index contributed by atoms with van der Waals surface area (Å²) in [6, 6.07) is 9.34. The number of hydrogen-bond donors (Lipinski definition) is 2. The molecule has 4 N–H and O–H groups in total. The van der Waals surface area contributed by atoms with Crippen molar-refractivity contribution in [1.82, 2.24) is 9.88 Å². The maximum Gasteiger partial charge on any atom is 0.239 e. The molecule has 0 fully saturated rings. The number of carbonyl (C=O) groups is 1. The Bertz CT molecular complexity index is 694. The van der Waals surface area contributed by atoms with E-state index in [4.69, 9.17) is 15.9 Å². The maximum absolute atomic E-state index is 12.5. The van der Waals surface area contributed by atoms with E-state index in [0.717, 1.165) is 29.9 Å². The summed E-state index contributed by atoms with van der Waals surface area (Å²) < 4.78 is 5.87. The van der Waals surface area contributed by atoms with Gasteiger partial charge in [-0.1, -0.05) is 24.6 Å². The summed E-state index contributed by atoms with van der Waals surface area (Å²) in [6.07, 6.45) is 3.13. The van der Waals surface area contributed by atoms with E-state index >= 15 is 0 Å². The fraction of sp³-hybridized carbons (Fsp3) is 0.444. The minimum absolute atomic E-state index is 0. The number of nitrogens with zero attached hydrogens (tertiary/aromatic N) is 2. The summed E-state index contributed by atoms with van der Waals surface area (Å²) in [7, 11) is 0. The molecule has 2 aromatic rings. The number of oxazole rings is 1. The van der Waals surface area contributed by atoms with Gasteiger partial charge in [0.2, 0.25) is 11.8 Å². The van der Waals surface area contributed by atoms with Gasteiger partial charge in [-0.3, -0.25) is 4.79 Å². The molecule has 0 unspecified atom stereocenters. The first kappa shape index (κ1) is 22.4. The van der Waals surface area contributed by atoms with Crippen LogP contribution in [0.5, 0.6) is 0 Å². The van der Waals surface area contributed by atoms with Crippen molar-refractivity contribution in [3.05, 3.63) is 41.8 Å². The zero-order valence-electron chi connectivity index (χ0n) is 14.6. The van der Waals surface area contributed by atoms with E-state index in [-0.39, 0.29) is 30.7 Å². The Kier molecular flexibility index (Phi) is 9.08.